The maximum absolute atomic E-state index is 13.0. The molecule has 7 unspecified atom stereocenters. The van der Waals surface area contributed by atoms with E-state index in [4.69, 9.17) is 9.47 Å². The van der Waals surface area contributed by atoms with Crippen LogP contribution < -0.4 is 5.32 Å². The summed E-state index contributed by atoms with van der Waals surface area (Å²) in [6.45, 7) is 3.86. The first kappa shape index (κ1) is 56.2. The van der Waals surface area contributed by atoms with E-state index >= 15 is 0 Å². The van der Waals surface area contributed by atoms with Crippen LogP contribution in [-0.4, -0.2) is 87.5 Å². The first-order valence-electron chi connectivity index (χ1n) is 25.7. The number of amides is 1. The predicted molar refractivity (Wildman–Crippen MR) is 244 cm³/mol. The van der Waals surface area contributed by atoms with E-state index < -0.39 is 49.5 Å². The number of hydrogen-bond donors (Lipinski definition) is 6. The lowest BCUT2D eigenvalue weighted by molar-refractivity contribution is -0.302. The Morgan fingerprint density at radius 2 is 0.847 bits per heavy atom. The Labute approximate surface area is 364 Å². The van der Waals surface area contributed by atoms with E-state index in [-0.39, 0.29) is 12.5 Å². The van der Waals surface area contributed by atoms with Gasteiger partial charge in [-0.3, -0.25) is 4.79 Å². The average molecular weight is 842 g/mol. The molecule has 0 aromatic rings. The molecule has 6 N–H and O–H groups in total. The number of nitrogens with one attached hydrogen (secondary N) is 1. The topological polar surface area (TPSA) is 149 Å². The van der Waals surface area contributed by atoms with E-state index in [2.05, 4.69) is 19.2 Å². The molecule has 1 amide bonds. The summed E-state index contributed by atoms with van der Waals surface area (Å²) in [7, 11) is 0. The fourth-order valence-corrected chi connectivity index (χ4v) is 8.58. The van der Waals surface area contributed by atoms with Gasteiger partial charge in [0.05, 0.1) is 25.4 Å². The molecule has 1 rings (SSSR count). The second kappa shape index (κ2) is 41.2. The molecule has 0 bridgehead atoms. The molecule has 59 heavy (non-hydrogen) atoms. The van der Waals surface area contributed by atoms with Gasteiger partial charge < -0.3 is 40.3 Å². The SMILES string of the molecule is CCCCCCCCCCCCCCCCCCCCCCCCCC(O)C(COC1OC(CO)C(O)C(O)C1O)NC(=O)CCCCCCCCCCCCCCC. The van der Waals surface area contributed by atoms with Gasteiger partial charge in [0.2, 0.25) is 5.91 Å². The van der Waals surface area contributed by atoms with Crippen molar-refractivity contribution in [2.45, 2.75) is 301 Å². The summed E-state index contributed by atoms with van der Waals surface area (Å²) >= 11 is 0. The molecule has 9 nitrogen and oxygen atoms in total. The van der Waals surface area contributed by atoms with Crippen LogP contribution in [0.2, 0.25) is 0 Å². The van der Waals surface area contributed by atoms with Gasteiger partial charge in [0.25, 0.3) is 0 Å². The third kappa shape index (κ3) is 31.6. The standard InChI is InChI=1S/C50H99NO8/c1-3-5-7-9-11-13-15-17-18-19-20-21-22-23-24-25-26-28-29-31-33-35-37-39-44(53)43(42-58-50-49(57)48(56)47(55)45(41-52)59-50)51-46(54)40-38-36-34-32-30-27-16-14-12-10-8-6-4-2/h43-45,47-50,52-53,55-57H,3-42H2,1-2H3,(H,51,54). The fraction of sp³-hybridized carbons (Fsp3) is 0.980. The lowest BCUT2D eigenvalue weighted by atomic mass is 9.99. The van der Waals surface area contributed by atoms with Crippen LogP contribution in [0.25, 0.3) is 0 Å². The van der Waals surface area contributed by atoms with Gasteiger partial charge in [-0.25, -0.2) is 0 Å². The normalized spacial score (nSPS) is 20.6. The number of aliphatic hydroxyl groups is 5. The van der Waals surface area contributed by atoms with Gasteiger partial charge in [0.1, 0.15) is 24.4 Å². The van der Waals surface area contributed by atoms with Crippen LogP contribution in [0.15, 0.2) is 0 Å². The second-order valence-electron chi connectivity index (χ2n) is 18.3. The monoisotopic (exact) mass is 842 g/mol. The molecular weight excluding hydrogens is 743 g/mol. The van der Waals surface area contributed by atoms with Crippen molar-refractivity contribution in [2.24, 2.45) is 0 Å². The molecule has 0 aliphatic carbocycles. The number of carbonyl (C=O) groups is 1. The zero-order valence-electron chi connectivity index (χ0n) is 38.8. The molecule has 1 saturated heterocycles. The molecule has 1 fully saturated rings. The molecule has 9 heteroatoms. The van der Waals surface area contributed by atoms with Crippen LogP contribution in [0.5, 0.6) is 0 Å². The van der Waals surface area contributed by atoms with Gasteiger partial charge in [-0.1, -0.05) is 239 Å². The first-order valence-corrected chi connectivity index (χ1v) is 25.7. The van der Waals surface area contributed by atoms with Crippen LogP contribution in [0, 0.1) is 0 Å². The van der Waals surface area contributed by atoms with Crippen molar-refractivity contribution in [3.8, 4) is 0 Å². The quantitative estimate of drug-likeness (QED) is 0.0332. The van der Waals surface area contributed by atoms with Gasteiger partial charge in [0, 0.05) is 6.42 Å². The predicted octanol–water partition coefficient (Wildman–Crippen LogP) is 11.5. The maximum atomic E-state index is 13.0. The van der Waals surface area contributed by atoms with Crippen molar-refractivity contribution in [3.63, 3.8) is 0 Å². The Morgan fingerprint density at radius 1 is 0.508 bits per heavy atom. The second-order valence-corrected chi connectivity index (χ2v) is 18.3. The third-order valence-corrected chi connectivity index (χ3v) is 12.7. The van der Waals surface area contributed by atoms with E-state index in [9.17, 15) is 30.3 Å². The zero-order chi connectivity index (χ0) is 43.0. The highest BCUT2D eigenvalue weighted by atomic mass is 16.7. The van der Waals surface area contributed by atoms with Crippen molar-refractivity contribution >= 4 is 5.91 Å². The van der Waals surface area contributed by atoms with Crippen molar-refractivity contribution < 1.29 is 39.8 Å². The largest absolute Gasteiger partial charge is 0.394 e. The summed E-state index contributed by atoms with van der Waals surface area (Å²) in [5, 5.41) is 54.5. The van der Waals surface area contributed by atoms with Crippen molar-refractivity contribution in [1.82, 2.24) is 5.32 Å². The summed E-state index contributed by atoms with van der Waals surface area (Å²) in [5.41, 5.74) is 0. The summed E-state index contributed by atoms with van der Waals surface area (Å²) in [6, 6.07) is -0.712. The molecule has 0 radical (unpaired) electrons. The average Bonchev–Trinajstić information content (AvgIpc) is 3.23. The molecule has 0 aromatic heterocycles. The molecule has 1 aliphatic rings. The summed E-state index contributed by atoms with van der Waals surface area (Å²) < 4.78 is 11.3. The highest BCUT2D eigenvalue weighted by Gasteiger charge is 2.44. The molecule has 0 spiro atoms. The Kier molecular flexibility index (Phi) is 39.3. The van der Waals surface area contributed by atoms with Crippen LogP contribution in [-0.2, 0) is 14.3 Å². The Balaban J connectivity index is 2.22. The van der Waals surface area contributed by atoms with Gasteiger partial charge in [0.15, 0.2) is 6.29 Å². The molecule has 352 valence electrons. The van der Waals surface area contributed by atoms with E-state index in [0.29, 0.717) is 12.8 Å². The summed E-state index contributed by atoms with van der Waals surface area (Å²) in [5.74, 6) is -0.140. The molecule has 0 saturated carbocycles. The minimum Gasteiger partial charge on any atom is -0.394 e. The van der Waals surface area contributed by atoms with E-state index in [1.807, 2.05) is 0 Å². The number of carbonyl (C=O) groups excluding carboxylic acids is 1. The smallest absolute Gasteiger partial charge is 0.220 e. The van der Waals surface area contributed by atoms with Crippen molar-refractivity contribution in [2.75, 3.05) is 13.2 Å². The Morgan fingerprint density at radius 3 is 1.20 bits per heavy atom. The van der Waals surface area contributed by atoms with E-state index in [0.717, 1.165) is 38.5 Å². The minimum atomic E-state index is -1.55. The molecule has 1 aliphatic heterocycles. The number of aliphatic hydroxyl groups excluding tert-OH is 5. The van der Waals surface area contributed by atoms with Gasteiger partial charge in [-0.2, -0.15) is 0 Å². The number of unbranched alkanes of at least 4 members (excludes halogenated alkanes) is 34. The fourth-order valence-electron chi connectivity index (χ4n) is 8.58. The highest BCUT2D eigenvalue weighted by molar-refractivity contribution is 5.76. The Hall–Kier alpha value is -0.810. The van der Waals surface area contributed by atoms with Crippen LogP contribution in [0.3, 0.4) is 0 Å². The van der Waals surface area contributed by atoms with Crippen molar-refractivity contribution in [3.05, 3.63) is 0 Å². The Bertz CT molecular complexity index is 893. The van der Waals surface area contributed by atoms with Gasteiger partial charge >= 0.3 is 0 Å². The number of hydrogen-bond acceptors (Lipinski definition) is 8. The van der Waals surface area contributed by atoms with Crippen LogP contribution >= 0.6 is 0 Å². The zero-order valence-corrected chi connectivity index (χ0v) is 38.8. The lowest BCUT2D eigenvalue weighted by Crippen LogP contribution is -2.60. The van der Waals surface area contributed by atoms with Crippen LogP contribution in [0.1, 0.15) is 258 Å². The van der Waals surface area contributed by atoms with Crippen LogP contribution in [0.4, 0.5) is 0 Å². The third-order valence-electron chi connectivity index (χ3n) is 12.7. The number of ether oxygens (including phenoxy) is 2. The lowest BCUT2D eigenvalue weighted by Gasteiger charge is -2.40. The number of rotatable bonds is 44. The summed E-state index contributed by atoms with van der Waals surface area (Å²) in [4.78, 5) is 13.0. The molecule has 1 heterocycles. The minimum absolute atomic E-state index is 0.131. The first-order chi connectivity index (χ1) is 28.8. The van der Waals surface area contributed by atoms with E-state index in [1.54, 1.807) is 0 Å². The van der Waals surface area contributed by atoms with E-state index in [1.165, 1.54) is 193 Å². The highest BCUT2D eigenvalue weighted by Crippen LogP contribution is 2.23. The molecule has 7 atom stereocenters. The van der Waals surface area contributed by atoms with Gasteiger partial charge in [-0.15, -0.1) is 0 Å². The maximum Gasteiger partial charge on any atom is 0.220 e. The molecular formula is C50H99NO8. The van der Waals surface area contributed by atoms with Crippen molar-refractivity contribution in [1.29, 1.82) is 0 Å². The van der Waals surface area contributed by atoms with Gasteiger partial charge in [-0.05, 0) is 12.8 Å². The molecule has 0 aromatic carbocycles. The summed E-state index contributed by atoms with van der Waals surface area (Å²) in [6.07, 6.45) is 39.8.